The largest absolute Gasteiger partial charge is 0.472 e. The van der Waals surface area contributed by atoms with E-state index in [1.54, 1.807) is 6.08 Å². The van der Waals surface area contributed by atoms with Crippen molar-refractivity contribution in [3.8, 4) is 0 Å². The van der Waals surface area contributed by atoms with E-state index in [0.717, 1.165) is 44.9 Å². The lowest BCUT2D eigenvalue weighted by Gasteiger charge is -2.24. The van der Waals surface area contributed by atoms with Gasteiger partial charge in [-0.1, -0.05) is 138 Å². The third-order valence-corrected chi connectivity index (χ3v) is 9.79. The molecule has 10 nitrogen and oxygen atoms in total. The second kappa shape index (κ2) is 37.7. The van der Waals surface area contributed by atoms with Crippen LogP contribution in [-0.4, -0.2) is 86.1 Å². The summed E-state index contributed by atoms with van der Waals surface area (Å²) in [4.78, 5) is 35.3. The summed E-state index contributed by atoms with van der Waals surface area (Å²) in [6.45, 7) is 4.11. The number of hydrogen-bond acceptors (Lipinski definition) is 8. The van der Waals surface area contributed by atoms with E-state index in [0.29, 0.717) is 36.7 Å². The predicted octanol–water partition coefficient (Wildman–Crippen LogP) is 11.2. The molecule has 0 radical (unpaired) electrons. The number of esters is 2. The van der Waals surface area contributed by atoms with Crippen LogP contribution in [-0.2, 0) is 32.7 Å². The molecule has 11 heteroatoms. The van der Waals surface area contributed by atoms with E-state index in [9.17, 15) is 24.2 Å². The standard InChI is InChI=1S/C46H80NO9P/c1-6-8-10-12-14-15-16-17-18-19-20-21-25-29-33-37-45(49)53-41-44(42-55-57(51,52)54-40-39-47(3,4)5)56-46(50)38-34-30-26-23-22-24-28-32-36-43(48)35-31-27-13-11-9-7-2/h9,11,15-16,23-24,26-28,31-32,36,43-44,48H,6-8,10,12-14,17-22,25,29-30,33-35,37-42H2,1-5H3/p+1/b11-9-,16-15-,26-23-,28-24-,31-27-,36-32+/t43?,44-/m1/s1. The van der Waals surface area contributed by atoms with Crippen molar-refractivity contribution in [2.45, 2.75) is 161 Å². The van der Waals surface area contributed by atoms with Gasteiger partial charge in [-0.25, -0.2) is 4.57 Å². The highest BCUT2D eigenvalue weighted by molar-refractivity contribution is 7.47. The number of aliphatic hydroxyl groups excluding tert-OH is 1. The molecule has 0 aromatic heterocycles. The average Bonchev–Trinajstić information content (AvgIpc) is 3.15. The van der Waals surface area contributed by atoms with Crippen LogP contribution in [0.2, 0.25) is 0 Å². The lowest BCUT2D eigenvalue weighted by Crippen LogP contribution is -2.37. The van der Waals surface area contributed by atoms with E-state index in [4.69, 9.17) is 18.5 Å². The van der Waals surface area contributed by atoms with Crippen molar-refractivity contribution < 1.29 is 47.2 Å². The minimum absolute atomic E-state index is 0.00585. The van der Waals surface area contributed by atoms with Crippen LogP contribution in [0.1, 0.15) is 149 Å². The first-order chi connectivity index (χ1) is 27.4. The van der Waals surface area contributed by atoms with Crippen LogP contribution in [0, 0.1) is 0 Å². The number of carbonyl (C=O) groups is 2. The van der Waals surface area contributed by atoms with Crippen molar-refractivity contribution in [2.24, 2.45) is 0 Å². The van der Waals surface area contributed by atoms with E-state index in [-0.39, 0.29) is 26.1 Å². The molecule has 0 bridgehead atoms. The Labute approximate surface area is 347 Å². The average molecular weight is 823 g/mol. The number of unbranched alkanes of at least 4 members (excludes halogenated alkanes) is 12. The molecule has 0 rings (SSSR count). The maximum absolute atomic E-state index is 12.7. The molecule has 2 unspecified atom stereocenters. The minimum Gasteiger partial charge on any atom is -0.462 e. The van der Waals surface area contributed by atoms with Crippen LogP contribution in [0.3, 0.4) is 0 Å². The molecule has 57 heavy (non-hydrogen) atoms. The van der Waals surface area contributed by atoms with E-state index >= 15 is 0 Å². The van der Waals surface area contributed by atoms with E-state index in [2.05, 4.69) is 44.2 Å². The van der Waals surface area contributed by atoms with E-state index in [1.165, 1.54) is 51.4 Å². The molecular weight excluding hydrogens is 741 g/mol. The van der Waals surface area contributed by atoms with Crippen LogP contribution in [0.5, 0.6) is 0 Å². The summed E-state index contributed by atoms with van der Waals surface area (Å²) in [6, 6.07) is 0. The van der Waals surface area contributed by atoms with Gasteiger partial charge in [-0.05, 0) is 70.6 Å². The van der Waals surface area contributed by atoms with Gasteiger partial charge in [0.1, 0.15) is 19.8 Å². The highest BCUT2D eigenvalue weighted by atomic mass is 31.2. The van der Waals surface area contributed by atoms with Crippen LogP contribution in [0.25, 0.3) is 0 Å². The molecule has 0 aliphatic rings. The van der Waals surface area contributed by atoms with Crippen molar-refractivity contribution in [1.82, 2.24) is 0 Å². The Balaban J connectivity index is 4.55. The molecule has 0 aliphatic carbocycles. The number of phosphoric ester groups is 1. The SMILES string of the molecule is CC/C=C\C/C=C\CC(O)/C=C/C=C\C/C=C\CCCC(=O)O[C@H](COC(=O)CCCCCCCCC/C=C\CCCCCC)COP(=O)(O)OCC[N+](C)(C)C. The van der Waals surface area contributed by atoms with Gasteiger partial charge in [-0.15, -0.1) is 0 Å². The molecule has 0 aromatic carbocycles. The fourth-order valence-electron chi connectivity index (χ4n) is 5.36. The zero-order valence-corrected chi connectivity index (χ0v) is 37.3. The van der Waals surface area contributed by atoms with Gasteiger partial charge < -0.3 is 24.0 Å². The lowest BCUT2D eigenvalue weighted by atomic mass is 10.1. The number of ether oxygens (including phenoxy) is 2. The summed E-state index contributed by atoms with van der Waals surface area (Å²) in [7, 11) is 1.39. The van der Waals surface area contributed by atoms with Gasteiger partial charge in [-0.2, -0.15) is 0 Å². The fourth-order valence-corrected chi connectivity index (χ4v) is 6.10. The van der Waals surface area contributed by atoms with Gasteiger partial charge in [0.05, 0.1) is 33.9 Å². The van der Waals surface area contributed by atoms with Gasteiger partial charge in [0.2, 0.25) is 0 Å². The van der Waals surface area contributed by atoms with Gasteiger partial charge in [-0.3, -0.25) is 18.6 Å². The van der Waals surface area contributed by atoms with Gasteiger partial charge in [0.25, 0.3) is 0 Å². The van der Waals surface area contributed by atoms with Gasteiger partial charge >= 0.3 is 19.8 Å². The summed E-state index contributed by atoms with van der Waals surface area (Å²) in [5.74, 6) is -0.918. The van der Waals surface area contributed by atoms with Crippen LogP contribution >= 0.6 is 7.82 Å². The Bertz CT molecular complexity index is 1220. The Kier molecular flexibility index (Phi) is 36.0. The van der Waals surface area contributed by atoms with Crippen LogP contribution in [0.4, 0.5) is 0 Å². The molecule has 2 N–H and O–H groups in total. The number of rotatable bonds is 38. The molecule has 0 aromatic rings. The molecule has 328 valence electrons. The van der Waals surface area contributed by atoms with Crippen molar-refractivity contribution >= 4 is 19.8 Å². The number of aliphatic hydroxyl groups is 1. The number of quaternary nitrogens is 1. The highest BCUT2D eigenvalue weighted by Crippen LogP contribution is 2.43. The number of likely N-dealkylation sites (N-methyl/N-ethyl adjacent to an activating group) is 1. The summed E-state index contributed by atoms with van der Waals surface area (Å²) in [5, 5.41) is 10.0. The zero-order chi connectivity index (χ0) is 42.3. The molecule has 0 saturated carbocycles. The Morgan fingerprint density at radius 1 is 0.649 bits per heavy atom. The highest BCUT2D eigenvalue weighted by Gasteiger charge is 2.27. The molecular formula is C46H81NO9P+. The monoisotopic (exact) mass is 823 g/mol. The smallest absolute Gasteiger partial charge is 0.462 e. The number of carbonyl (C=O) groups excluding carboxylic acids is 2. The van der Waals surface area contributed by atoms with Crippen molar-refractivity contribution in [3.63, 3.8) is 0 Å². The second-order valence-electron chi connectivity index (χ2n) is 15.5. The normalized spacial score (nSPS) is 14.9. The first-order valence-corrected chi connectivity index (χ1v) is 23.3. The topological polar surface area (TPSA) is 129 Å². The molecule has 3 atom stereocenters. The van der Waals surface area contributed by atoms with Crippen LogP contribution in [0.15, 0.2) is 72.9 Å². The summed E-state index contributed by atoms with van der Waals surface area (Å²) < 4.78 is 34.2. The van der Waals surface area contributed by atoms with Crippen molar-refractivity contribution in [3.05, 3.63) is 72.9 Å². The first kappa shape index (κ1) is 54.4. The number of hydrogen-bond donors (Lipinski definition) is 2. The third-order valence-electron chi connectivity index (χ3n) is 8.80. The fraction of sp³-hybridized carbons (Fsp3) is 0.696. The van der Waals surface area contributed by atoms with E-state index in [1.807, 2.05) is 57.6 Å². The Hall–Kier alpha value is -2.59. The second-order valence-corrected chi connectivity index (χ2v) is 17.0. The molecule has 0 saturated heterocycles. The Morgan fingerprint density at radius 3 is 1.91 bits per heavy atom. The van der Waals surface area contributed by atoms with E-state index < -0.39 is 38.6 Å². The quantitative estimate of drug-likeness (QED) is 0.0156. The number of nitrogens with zero attached hydrogens (tertiary/aromatic N) is 1. The van der Waals surface area contributed by atoms with Crippen molar-refractivity contribution in [2.75, 3.05) is 47.5 Å². The van der Waals surface area contributed by atoms with Gasteiger partial charge in [0, 0.05) is 12.8 Å². The summed E-state index contributed by atoms with van der Waals surface area (Å²) in [5.41, 5.74) is 0. The number of phosphoric acid groups is 1. The third kappa shape index (κ3) is 41.4. The summed E-state index contributed by atoms with van der Waals surface area (Å²) >= 11 is 0. The lowest BCUT2D eigenvalue weighted by molar-refractivity contribution is -0.870. The molecule has 0 amide bonds. The zero-order valence-electron chi connectivity index (χ0n) is 36.4. The van der Waals surface area contributed by atoms with Crippen molar-refractivity contribution in [1.29, 1.82) is 0 Å². The minimum atomic E-state index is -4.41. The molecule has 0 heterocycles. The molecule has 0 spiro atoms. The number of allylic oxidation sites excluding steroid dienone is 10. The van der Waals surface area contributed by atoms with Crippen LogP contribution < -0.4 is 0 Å². The Morgan fingerprint density at radius 2 is 1.23 bits per heavy atom. The summed E-state index contributed by atoms with van der Waals surface area (Å²) in [6.07, 6.45) is 42.7. The molecule has 0 fully saturated rings. The maximum Gasteiger partial charge on any atom is 0.472 e. The molecule has 0 aliphatic heterocycles. The predicted molar refractivity (Wildman–Crippen MR) is 235 cm³/mol. The maximum atomic E-state index is 12.7. The first-order valence-electron chi connectivity index (χ1n) is 21.8. The van der Waals surface area contributed by atoms with Gasteiger partial charge in [0.15, 0.2) is 6.10 Å².